The van der Waals surface area contributed by atoms with Gasteiger partial charge in [-0.1, -0.05) is 23.8 Å². The van der Waals surface area contributed by atoms with E-state index in [4.69, 9.17) is 0 Å². The smallest absolute Gasteiger partial charge is 0.0351 e. The van der Waals surface area contributed by atoms with Crippen LogP contribution < -0.4 is 0 Å². The van der Waals surface area contributed by atoms with E-state index in [2.05, 4.69) is 30.0 Å². The molecule has 2 aliphatic rings. The topological polar surface area (TPSA) is 3.24 Å². The summed E-state index contributed by atoms with van der Waals surface area (Å²) in [5.41, 5.74) is 4.63. The standard InChI is InChI=1S/C13H17N/c1-10-4-5-11-6-8-14-7-2-3-13(14)12(11)9-10/h4-5,9,13H,2-3,6-8H2,1H3. The Balaban J connectivity index is 2.07. The zero-order valence-electron chi connectivity index (χ0n) is 8.79. The van der Waals surface area contributed by atoms with E-state index in [1.807, 2.05) is 0 Å². The molecule has 14 heavy (non-hydrogen) atoms. The first-order valence-corrected chi connectivity index (χ1v) is 5.68. The molecule has 2 heterocycles. The molecule has 0 amide bonds. The fourth-order valence-electron chi connectivity index (χ4n) is 2.96. The van der Waals surface area contributed by atoms with Crippen molar-refractivity contribution in [2.24, 2.45) is 0 Å². The molecule has 0 radical (unpaired) electrons. The first kappa shape index (κ1) is 8.49. The van der Waals surface area contributed by atoms with E-state index in [0.717, 1.165) is 6.04 Å². The van der Waals surface area contributed by atoms with Crippen LogP contribution in [0.25, 0.3) is 0 Å². The van der Waals surface area contributed by atoms with Gasteiger partial charge in [0.1, 0.15) is 0 Å². The fourth-order valence-corrected chi connectivity index (χ4v) is 2.96. The van der Waals surface area contributed by atoms with Gasteiger partial charge in [-0.2, -0.15) is 0 Å². The van der Waals surface area contributed by atoms with E-state index in [-0.39, 0.29) is 0 Å². The molecule has 0 aromatic heterocycles. The molecule has 3 rings (SSSR count). The third-order valence-corrected chi connectivity index (χ3v) is 3.69. The van der Waals surface area contributed by atoms with Crippen molar-refractivity contribution in [1.82, 2.24) is 4.90 Å². The van der Waals surface area contributed by atoms with Crippen LogP contribution in [-0.4, -0.2) is 18.0 Å². The first-order valence-electron chi connectivity index (χ1n) is 5.68. The summed E-state index contributed by atoms with van der Waals surface area (Å²) in [6.45, 7) is 4.80. The second-order valence-corrected chi connectivity index (χ2v) is 4.65. The molecule has 2 aliphatic heterocycles. The van der Waals surface area contributed by atoms with E-state index >= 15 is 0 Å². The molecule has 1 saturated heterocycles. The number of fused-ring (bicyclic) bond motifs is 3. The molecular weight excluding hydrogens is 170 g/mol. The molecule has 1 atom stereocenters. The Labute approximate surface area is 85.7 Å². The molecule has 0 N–H and O–H groups in total. The van der Waals surface area contributed by atoms with Gasteiger partial charge < -0.3 is 0 Å². The summed E-state index contributed by atoms with van der Waals surface area (Å²) < 4.78 is 0. The van der Waals surface area contributed by atoms with Crippen molar-refractivity contribution < 1.29 is 0 Å². The van der Waals surface area contributed by atoms with Crippen LogP contribution in [0.15, 0.2) is 18.2 Å². The molecule has 1 heteroatoms. The Morgan fingerprint density at radius 2 is 2.21 bits per heavy atom. The van der Waals surface area contributed by atoms with Gasteiger partial charge in [0.15, 0.2) is 0 Å². The molecule has 1 unspecified atom stereocenters. The Morgan fingerprint density at radius 1 is 1.29 bits per heavy atom. The molecule has 1 aromatic carbocycles. The van der Waals surface area contributed by atoms with Gasteiger partial charge in [-0.15, -0.1) is 0 Å². The van der Waals surface area contributed by atoms with Crippen molar-refractivity contribution in [2.75, 3.05) is 13.1 Å². The minimum absolute atomic E-state index is 0.749. The first-order chi connectivity index (χ1) is 6.84. The van der Waals surface area contributed by atoms with Crippen LogP contribution in [0.1, 0.15) is 35.6 Å². The number of nitrogens with zero attached hydrogens (tertiary/aromatic N) is 1. The Bertz CT molecular complexity index is 356. The van der Waals surface area contributed by atoms with Gasteiger partial charge >= 0.3 is 0 Å². The van der Waals surface area contributed by atoms with Crippen LogP contribution in [0.5, 0.6) is 0 Å². The van der Waals surface area contributed by atoms with E-state index in [1.165, 1.54) is 37.9 Å². The Kier molecular flexibility index (Phi) is 1.88. The second kappa shape index (κ2) is 3.09. The molecule has 1 aromatic rings. The third-order valence-electron chi connectivity index (χ3n) is 3.69. The van der Waals surface area contributed by atoms with Crippen LogP contribution in [0.2, 0.25) is 0 Å². The summed E-state index contributed by atoms with van der Waals surface area (Å²) in [5, 5.41) is 0. The van der Waals surface area contributed by atoms with Gasteiger partial charge in [-0.05, 0) is 43.9 Å². The fraction of sp³-hybridized carbons (Fsp3) is 0.538. The maximum atomic E-state index is 2.65. The van der Waals surface area contributed by atoms with Crippen molar-refractivity contribution in [2.45, 2.75) is 32.2 Å². The maximum Gasteiger partial charge on any atom is 0.0351 e. The molecule has 1 nitrogen and oxygen atoms in total. The number of aryl methyl sites for hydroxylation is 1. The monoisotopic (exact) mass is 187 g/mol. The number of hydrogen-bond donors (Lipinski definition) is 0. The lowest BCUT2D eigenvalue weighted by Crippen LogP contribution is -2.30. The number of benzene rings is 1. The van der Waals surface area contributed by atoms with Crippen molar-refractivity contribution in [3.8, 4) is 0 Å². The zero-order valence-corrected chi connectivity index (χ0v) is 8.79. The second-order valence-electron chi connectivity index (χ2n) is 4.65. The molecule has 0 saturated carbocycles. The number of rotatable bonds is 0. The van der Waals surface area contributed by atoms with Crippen molar-refractivity contribution >= 4 is 0 Å². The zero-order chi connectivity index (χ0) is 9.54. The average molecular weight is 187 g/mol. The molecule has 1 fully saturated rings. The van der Waals surface area contributed by atoms with E-state index in [9.17, 15) is 0 Å². The van der Waals surface area contributed by atoms with Crippen molar-refractivity contribution in [3.05, 3.63) is 34.9 Å². The summed E-state index contributed by atoms with van der Waals surface area (Å²) in [4.78, 5) is 2.65. The van der Waals surface area contributed by atoms with Crippen LogP contribution in [0, 0.1) is 6.92 Å². The van der Waals surface area contributed by atoms with Crippen LogP contribution in [-0.2, 0) is 6.42 Å². The van der Waals surface area contributed by atoms with Crippen LogP contribution in [0.3, 0.4) is 0 Å². The summed E-state index contributed by atoms with van der Waals surface area (Å²) in [5.74, 6) is 0. The summed E-state index contributed by atoms with van der Waals surface area (Å²) in [7, 11) is 0. The minimum Gasteiger partial charge on any atom is -0.296 e. The quantitative estimate of drug-likeness (QED) is 0.603. The molecular formula is C13H17N. The van der Waals surface area contributed by atoms with Gasteiger partial charge in [-0.3, -0.25) is 4.90 Å². The summed E-state index contributed by atoms with van der Waals surface area (Å²) >= 11 is 0. The lowest BCUT2D eigenvalue weighted by Gasteiger charge is -2.32. The van der Waals surface area contributed by atoms with Crippen LogP contribution >= 0.6 is 0 Å². The molecule has 74 valence electrons. The van der Waals surface area contributed by atoms with Gasteiger partial charge in [0.05, 0.1) is 0 Å². The predicted molar refractivity (Wildman–Crippen MR) is 58.4 cm³/mol. The highest BCUT2D eigenvalue weighted by atomic mass is 15.2. The highest BCUT2D eigenvalue weighted by Gasteiger charge is 2.30. The average Bonchev–Trinajstić information content (AvgIpc) is 2.65. The maximum absolute atomic E-state index is 2.65. The highest BCUT2D eigenvalue weighted by Crippen LogP contribution is 2.37. The lowest BCUT2D eigenvalue weighted by atomic mass is 9.91. The van der Waals surface area contributed by atoms with Gasteiger partial charge in [0.25, 0.3) is 0 Å². The minimum atomic E-state index is 0.749. The SMILES string of the molecule is Cc1ccc2c(c1)C1CCCN1CC2. The molecule has 0 aliphatic carbocycles. The third kappa shape index (κ3) is 1.19. The normalized spacial score (nSPS) is 25.9. The largest absolute Gasteiger partial charge is 0.296 e. The predicted octanol–water partition coefficient (Wildman–Crippen LogP) is 2.69. The van der Waals surface area contributed by atoms with Gasteiger partial charge in [-0.25, -0.2) is 0 Å². The summed E-state index contributed by atoms with van der Waals surface area (Å²) in [6.07, 6.45) is 4.01. The Hall–Kier alpha value is -0.820. The Morgan fingerprint density at radius 3 is 3.14 bits per heavy atom. The molecule has 0 spiro atoms. The van der Waals surface area contributed by atoms with E-state index in [1.54, 1.807) is 11.1 Å². The van der Waals surface area contributed by atoms with Crippen molar-refractivity contribution in [1.29, 1.82) is 0 Å². The van der Waals surface area contributed by atoms with E-state index < -0.39 is 0 Å². The van der Waals surface area contributed by atoms with Crippen molar-refractivity contribution in [3.63, 3.8) is 0 Å². The molecule has 0 bridgehead atoms. The van der Waals surface area contributed by atoms with Gasteiger partial charge in [0, 0.05) is 12.6 Å². The number of hydrogen-bond acceptors (Lipinski definition) is 1. The van der Waals surface area contributed by atoms with Gasteiger partial charge in [0.2, 0.25) is 0 Å². The van der Waals surface area contributed by atoms with Crippen LogP contribution in [0.4, 0.5) is 0 Å². The lowest BCUT2D eigenvalue weighted by molar-refractivity contribution is 0.244. The van der Waals surface area contributed by atoms with E-state index in [0.29, 0.717) is 0 Å². The highest BCUT2D eigenvalue weighted by molar-refractivity contribution is 5.36. The summed E-state index contributed by atoms with van der Waals surface area (Å²) in [6, 6.07) is 7.74.